The molecule has 14 heteroatoms. The highest BCUT2D eigenvalue weighted by Gasteiger charge is 2.36. The monoisotopic (exact) mass is 519 g/mol. The predicted octanol–water partition coefficient (Wildman–Crippen LogP) is 4.35. The Morgan fingerprint density at radius 1 is 1.22 bits per heavy atom. The molecule has 0 saturated carbocycles. The molecular formula is C23H24F3N7O4. The van der Waals surface area contributed by atoms with Gasteiger partial charge in [0.1, 0.15) is 6.33 Å². The number of hydrogen-bond donors (Lipinski definition) is 1. The van der Waals surface area contributed by atoms with Crippen LogP contribution in [-0.4, -0.2) is 43.7 Å². The summed E-state index contributed by atoms with van der Waals surface area (Å²) in [5, 5.41) is 18.1. The van der Waals surface area contributed by atoms with Crippen LogP contribution in [0.25, 0.3) is 0 Å². The van der Waals surface area contributed by atoms with Crippen molar-refractivity contribution in [1.82, 2.24) is 19.7 Å². The number of alkyl halides is 3. The van der Waals surface area contributed by atoms with Crippen LogP contribution in [0.2, 0.25) is 0 Å². The van der Waals surface area contributed by atoms with Crippen LogP contribution in [0.5, 0.6) is 11.8 Å². The molecule has 2 aromatic heterocycles. The van der Waals surface area contributed by atoms with Crippen molar-refractivity contribution in [2.24, 2.45) is 13.0 Å². The predicted molar refractivity (Wildman–Crippen MR) is 126 cm³/mol. The summed E-state index contributed by atoms with van der Waals surface area (Å²) in [6.45, 7) is 2.64. The van der Waals surface area contributed by atoms with E-state index in [1.807, 2.05) is 31.2 Å². The molecule has 1 saturated heterocycles. The number of nitrogens with zero attached hydrogens (tertiary/aromatic N) is 6. The van der Waals surface area contributed by atoms with E-state index in [-0.39, 0.29) is 23.5 Å². The van der Waals surface area contributed by atoms with E-state index in [0.29, 0.717) is 37.7 Å². The number of rotatable bonds is 7. The quantitative estimate of drug-likeness (QED) is 0.361. The van der Waals surface area contributed by atoms with Crippen LogP contribution in [0.4, 0.5) is 30.4 Å². The number of piperidine rings is 1. The zero-order valence-electron chi connectivity index (χ0n) is 20.0. The third kappa shape index (κ3) is 5.78. The fourth-order valence-corrected chi connectivity index (χ4v) is 4.02. The number of benzene rings is 1. The number of hydrogen-bond acceptors (Lipinski definition) is 8. The Morgan fingerprint density at radius 3 is 2.46 bits per heavy atom. The van der Waals surface area contributed by atoms with E-state index in [4.69, 9.17) is 4.74 Å². The molecule has 0 aliphatic carbocycles. The number of nitrogens with one attached hydrogen (secondary N) is 1. The molecule has 1 aromatic carbocycles. The lowest BCUT2D eigenvalue weighted by atomic mass is 9.95. The first-order chi connectivity index (χ1) is 17.6. The molecule has 37 heavy (non-hydrogen) atoms. The van der Waals surface area contributed by atoms with Gasteiger partial charge >= 0.3 is 17.7 Å². The minimum atomic E-state index is -4.71. The van der Waals surface area contributed by atoms with E-state index in [2.05, 4.69) is 20.4 Å². The van der Waals surface area contributed by atoms with E-state index < -0.39 is 28.4 Å². The maximum atomic E-state index is 13.0. The van der Waals surface area contributed by atoms with Crippen molar-refractivity contribution in [2.45, 2.75) is 32.4 Å². The van der Waals surface area contributed by atoms with Crippen molar-refractivity contribution in [3.63, 3.8) is 0 Å². The summed E-state index contributed by atoms with van der Waals surface area (Å²) in [5.41, 5.74) is 0.0618. The zero-order valence-corrected chi connectivity index (χ0v) is 20.0. The van der Waals surface area contributed by atoms with Gasteiger partial charge in [-0.05, 0) is 37.0 Å². The normalized spacial score (nSPS) is 14.5. The van der Waals surface area contributed by atoms with Crippen LogP contribution >= 0.6 is 0 Å². The van der Waals surface area contributed by atoms with Gasteiger partial charge in [-0.3, -0.25) is 14.9 Å². The second-order valence-electron chi connectivity index (χ2n) is 8.50. The molecule has 0 bridgehead atoms. The van der Waals surface area contributed by atoms with Gasteiger partial charge < -0.3 is 15.0 Å². The lowest BCUT2D eigenvalue weighted by Crippen LogP contribution is -2.39. The SMILES string of the molecule is CCc1ccc(NC(=O)C2CCN(c3ncnc(Oc4cc(C(F)(F)F)nn4C)c3[N+](=O)[O-])CC2)cc1. The molecule has 3 heterocycles. The number of amides is 1. The lowest BCUT2D eigenvalue weighted by molar-refractivity contribution is -0.385. The Morgan fingerprint density at radius 2 is 1.89 bits per heavy atom. The minimum absolute atomic E-state index is 0.0396. The summed E-state index contributed by atoms with van der Waals surface area (Å²) < 4.78 is 45.1. The van der Waals surface area contributed by atoms with Gasteiger partial charge in [0.25, 0.3) is 0 Å². The Labute approximate surface area is 209 Å². The van der Waals surface area contributed by atoms with Crippen molar-refractivity contribution < 1.29 is 27.6 Å². The number of ether oxygens (including phenoxy) is 1. The molecule has 11 nitrogen and oxygen atoms in total. The number of halogens is 3. The zero-order chi connectivity index (χ0) is 26.7. The van der Waals surface area contributed by atoms with E-state index in [1.54, 1.807) is 4.90 Å². The summed E-state index contributed by atoms with van der Waals surface area (Å²) in [6, 6.07) is 8.21. The Kier molecular flexibility index (Phi) is 7.27. The molecule has 0 atom stereocenters. The highest BCUT2D eigenvalue weighted by molar-refractivity contribution is 5.92. The van der Waals surface area contributed by atoms with Gasteiger partial charge in [0.15, 0.2) is 5.69 Å². The number of aryl methyl sites for hydroxylation is 2. The van der Waals surface area contributed by atoms with Crippen LogP contribution in [0.15, 0.2) is 36.7 Å². The molecular weight excluding hydrogens is 495 g/mol. The second-order valence-corrected chi connectivity index (χ2v) is 8.50. The van der Waals surface area contributed by atoms with Crippen LogP contribution in [0.1, 0.15) is 31.0 Å². The lowest BCUT2D eigenvalue weighted by Gasteiger charge is -2.31. The summed E-state index contributed by atoms with van der Waals surface area (Å²) in [4.78, 5) is 33.3. The third-order valence-corrected chi connectivity index (χ3v) is 6.08. The molecule has 0 spiro atoms. The maximum absolute atomic E-state index is 13.0. The van der Waals surface area contributed by atoms with E-state index in [1.165, 1.54) is 7.05 Å². The number of nitro groups is 1. The van der Waals surface area contributed by atoms with Crippen LogP contribution in [-0.2, 0) is 24.4 Å². The molecule has 4 rings (SSSR count). The van der Waals surface area contributed by atoms with Crippen molar-refractivity contribution in [3.05, 3.63) is 58.0 Å². The van der Waals surface area contributed by atoms with Gasteiger partial charge in [0.05, 0.1) is 4.92 Å². The number of anilines is 2. The fraction of sp³-hybridized carbons (Fsp3) is 0.391. The summed E-state index contributed by atoms with van der Waals surface area (Å²) in [5.74, 6) is -1.36. The summed E-state index contributed by atoms with van der Waals surface area (Å²) in [7, 11) is 1.21. The number of aromatic nitrogens is 4. The molecule has 1 aliphatic heterocycles. The van der Waals surface area contributed by atoms with Gasteiger partial charge in [0, 0.05) is 37.8 Å². The smallest absolute Gasteiger partial charge is 0.415 e. The van der Waals surface area contributed by atoms with E-state index >= 15 is 0 Å². The first kappa shape index (κ1) is 25.9. The molecule has 1 amide bonds. The van der Waals surface area contributed by atoms with Gasteiger partial charge in [-0.2, -0.15) is 23.3 Å². The van der Waals surface area contributed by atoms with Gasteiger partial charge in [0.2, 0.25) is 17.6 Å². The number of carbonyl (C=O) groups is 1. The Hall–Kier alpha value is -4.23. The molecule has 3 aromatic rings. The van der Waals surface area contributed by atoms with Gasteiger partial charge in [-0.1, -0.05) is 19.1 Å². The topological polar surface area (TPSA) is 128 Å². The van der Waals surface area contributed by atoms with E-state index in [0.717, 1.165) is 23.0 Å². The van der Waals surface area contributed by atoms with Gasteiger partial charge in [-0.15, -0.1) is 0 Å². The first-order valence-electron chi connectivity index (χ1n) is 11.5. The number of carbonyl (C=O) groups excluding carboxylic acids is 1. The summed E-state index contributed by atoms with van der Waals surface area (Å²) in [6.07, 6.45) is -1.93. The molecule has 1 fully saturated rings. The van der Waals surface area contributed by atoms with Crippen molar-refractivity contribution >= 4 is 23.1 Å². The van der Waals surface area contributed by atoms with Crippen LogP contribution in [0.3, 0.4) is 0 Å². The van der Waals surface area contributed by atoms with Crippen molar-refractivity contribution in [1.29, 1.82) is 0 Å². The average Bonchev–Trinajstić information content (AvgIpc) is 3.25. The minimum Gasteiger partial charge on any atom is -0.415 e. The Bertz CT molecular complexity index is 1290. The fourth-order valence-electron chi connectivity index (χ4n) is 4.02. The van der Waals surface area contributed by atoms with Gasteiger partial charge in [-0.25, -0.2) is 9.67 Å². The van der Waals surface area contributed by atoms with Crippen LogP contribution in [0, 0.1) is 16.0 Å². The first-order valence-corrected chi connectivity index (χ1v) is 11.5. The van der Waals surface area contributed by atoms with E-state index in [9.17, 15) is 28.1 Å². The maximum Gasteiger partial charge on any atom is 0.435 e. The average molecular weight is 519 g/mol. The second kappa shape index (κ2) is 10.4. The highest BCUT2D eigenvalue weighted by Crippen LogP contribution is 2.38. The molecule has 0 unspecified atom stereocenters. The largest absolute Gasteiger partial charge is 0.435 e. The van der Waals surface area contributed by atoms with Crippen molar-refractivity contribution in [2.75, 3.05) is 23.3 Å². The molecule has 1 N–H and O–H groups in total. The van der Waals surface area contributed by atoms with Crippen molar-refractivity contribution in [3.8, 4) is 11.8 Å². The standard InChI is InChI=1S/C23H24F3N7O4/c1-3-14-4-6-16(7-5-14)29-21(34)15-8-10-32(11-9-15)20-19(33(35)36)22(28-13-27-20)37-18-12-17(23(24,25)26)30-31(18)2/h4-7,12-13,15H,3,8-11H2,1-2H3,(H,29,34). The third-order valence-electron chi connectivity index (χ3n) is 6.08. The highest BCUT2D eigenvalue weighted by atomic mass is 19.4. The van der Waals surface area contributed by atoms with Crippen LogP contribution < -0.4 is 15.0 Å². The summed E-state index contributed by atoms with van der Waals surface area (Å²) >= 11 is 0. The molecule has 0 radical (unpaired) electrons. The Balaban J connectivity index is 1.47. The molecule has 196 valence electrons. The molecule has 1 aliphatic rings.